The van der Waals surface area contributed by atoms with Crippen LogP contribution in [-0.2, 0) is 26.5 Å². The third-order valence-electron chi connectivity index (χ3n) is 7.49. The molecule has 7 rings (SSSR count). The molecule has 44 heavy (non-hydrogen) atoms. The Bertz CT molecular complexity index is 1960. The van der Waals surface area contributed by atoms with Gasteiger partial charge in [0.05, 0.1) is 11.4 Å². The number of nitrogens with zero attached hydrogens (tertiary/aromatic N) is 3. The molecule has 7 aromatic rings. The van der Waals surface area contributed by atoms with Gasteiger partial charge < -0.3 is 14.0 Å². The number of aromatic nitrogens is 3. The van der Waals surface area contributed by atoms with Gasteiger partial charge in [-0.15, -0.1) is 54.1 Å². The Hall–Kier alpha value is -4.31. The number of rotatable bonds is 6. The Labute approximate surface area is 273 Å². The first-order chi connectivity index (χ1) is 21.0. The molecular formula is C39H35IrN3O-2. The molecule has 223 valence electrons. The van der Waals surface area contributed by atoms with E-state index >= 15 is 0 Å². The largest absolute Gasteiger partial charge is 0.501 e. The summed E-state index contributed by atoms with van der Waals surface area (Å²) in [4.78, 5) is 8.99. The summed E-state index contributed by atoms with van der Waals surface area (Å²) >= 11 is 0. The zero-order valence-corrected chi connectivity index (χ0v) is 27.8. The average Bonchev–Trinajstić information content (AvgIpc) is 3.67. The van der Waals surface area contributed by atoms with E-state index < -0.39 is 0 Å². The first-order valence-electron chi connectivity index (χ1n) is 14.9. The van der Waals surface area contributed by atoms with Gasteiger partial charge in [-0.05, 0) is 47.2 Å². The fraction of sp³-hybridized carbons (Fsp3) is 0.179. The van der Waals surface area contributed by atoms with Gasteiger partial charge in [-0.3, -0.25) is 4.98 Å². The molecule has 0 atom stereocenters. The molecule has 0 unspecified atom stereocenters. The smallest absolute Gasteiger partial charge is 0.120 e. The van der Waals surface area contributed by atoms with Crippen molar-refractivity contribution in [3.63, 3.8) is 0 Å². The third-order valence-corrected chi connectivity index (χ3v) is 7.49. The molecular weight excluding hydrogens is 719 g/mol. The molecule has 0 N–H and O–H groups in total. The molecule has 4 nitrogen and oxygen atoms in total. The van der Waals surface area contributed by atoms with Crippen molar-refractivity contribution in [3.8, 4) is 28.3 Å². The van der Waals surface area contributed by atoms with Crippen LogP contribution in [0.4, 0.5) is 0 Å². The van der Waals surface area contributed by atoms with Crippen LogP contribution in [0.2, 0.25) is 0 Å². The van der Waals surface area contributed by atoms with Crippen molar-refractivity contribution in [2.75, 3.05) is 0 Å². The van der Waals surface area contributed by atoms with Gasteiger partial charge in [0, 0.05) is 49.8 Å². The Kier molecular flexibility index (Phi) is 9.89. The predicted octanol–water partition coefficient (Wildman–Crippen LogP) is 10.1. The summed E-state index contributed by atoms with van der Waals surface area (Å²) in [5.74, 6) is 2.03. The number of para-hydroxylation sites is 2. The molecule has 0 saturated heterocycles. The standard InChI is InChI=1S/C22H25N2.C17H10NO.Ir/c1-16(2)15-19-11-8-12-20(17(3)4)21(19)24-14-13-23-22(24)18-9-6-5-7-10-18;1-2-10-16-12(6-1)13-7-5-8-14(17(13)19-16)15-9-3-4-11-18-15;/h5-9,11-14,16-17H,15H2,1-4H3;1-7,9-11H;/q2*-1;. The van der Waals surface area contributed by atoms with Gasteiger partial charge in [-0.2, -0.15) is 0 Å². The minimum absolute atomic E-state index is 0. The fourth-order valence-corrected chi connectivity index (χ4v) is 5.58. The van der Waals surface area contributed by atoms with Crippen LogP contribution in [-0.4, -0.2) is 14.5 Å². The minimum atomic E-state index is 0. The molecule has 3 heterocycles. The van der Waals surface area contributed by atoms with Crippen LogP contribution in [0.5, 0.6) is 0 Å². The van der Waals surface area contributed by atoms with Gasteiger partial charge >= 0.3 is 0 Å². The van der Waals surface area contributed by atoms with E-state index in [0.29, 0.717) is 11.8 Å². The van der Waals surface area contributed by atoms with E-state index in [1.807, 2.05) is 72.9 Å². The molecule has 5 heteroatoms. The maximum absolute atomic E-state index is 5.97. The maximum atomic E-state index is 5.97. The summed E-state index contributed by atoms with van der Waals surface area (Å²) in [5.41, 5.74) is 8.59. The molecule has 0 amide bonds. The van der Waals surface area contributed by atoms with Gasteiger partial charge in [0.15, 0.2) is 0 Å². The SMILES string of the molecule is CC(C)Cc1cccc(C(C)C)c1-n1ccnc1-c1[c-]cccc1.[Ir].[c-]1ccc2c(oc3ccccc32)c1-c1ccccn1. The van der Waals surface area contributed by atoms with Gasteiger partial charge in [-0.1, -0.05) is 87.2 Å². The number of hydrogen-bond donors (Lipinski definition) is 0. The summed E-state index contributed by atoms with van der Waals surface area (Å²) < 4.78 is 8.20. The summed E-state index contributed by atoms with van der Waals surface area (Å²) in [6, 6.07) is 39.1. The van der Waals surface area contributed by atoms with Crippen LogP contribution in [0.25, 0.3) is 50.3 Å². The van der Waals surface area contributed by atoms with Gasteiger partial charge in [0.1, 0.15) is 5.58 Å². The van der Waals surface area contributed by atoms with E-state index in [9.17, 15) is 0 Å². The molecule has 0 spiro atoms. The van der Waals surface area contributed by atoms with Crippen LogP contribution < -0.4 is 0 Å². The van der Waals surface area contributed by atoms with Crippen LogP contribution in [0.15, 0.2) is 120 Å². The minimum Gasteiger partial charge on any atom is -0.501 e. The van der Waals surface area contributed by atoms with E-state index in [0.717, 1.165) is 51.0 Å². The third kappa shape index (κ3) is 6.45. The zero-order chi connectivity index (χ0) is 29.8. The molecule has 0 fully saturated rings. The van der Waals surface area contributed by atoms with Crippen molar-refractivity contribution in [1.29, 1.82) is 0 Å². The molecule has 0 saturated carbocycles. The van der Waals surface area contributed by atoms with Crippen LogP contribution in [0, 0.1) is 18.1 Å². The van der Waals surface area contributed by atoms with Crippen molar-refractivity contribution in [2.24, 2.45) is 5.92 Å². The monoisotopic (exact) mass is 754 g/mol. The molecule has 0 aliphatic carbocycles. The average molecular weight is 754 g/mol. The molecule has 0 bridgehead atoms. The molecule has 3 aromatic heterocycles. The van der Waals surface area contributed by atoms with Gasteiger partial charge in [0.25, 0.3) is 0 Å². The summed E-state index contributed by atoms with van der Waals surface area (Å²) in [6.07, 6.45) is 6.80. The molecule has 0 aliphatic heterocycles. The maximum Gasteiger partial charge on any atom is 0.120 e. The predicted molar refractivity (Wildman–Crippen MR) is 176 cm³/mol. The van der Waals surface area contributed by atoms with Crippen LogP contribution >= 0.6 is 0 Å². The first kappa shape index (κ1) is 31.1. The number of pyridine rings is 1. The van der Waals surface area contributed by atoms with E-state index in [-0.39, 0.29) is 20.1 Å². The topological polar surface area (TPSA) is 43.9 Å². The van der Waals surface area contributed by atoms with E-state index in [2.05, 4.69) is 90.9 Å². The zero-order valence-electron chi connectivity index (χ0n) is 25.4. The molecule has 1 radical (unpaired) electrons. The fourth-order valence-electron chi connectivity index (χ4n) is 5.58. The van der Waals surface area contributed by atoms with Gasteiger partial charge in [-0.25, -0.2) is 0 Å². The number of benzene rings is 4. The molecule has 4 aromatic carbocycles. The summed E-state index contributed by atoms with van der Waals surface area (Å²) in [7, 11) is 0. The summed E-state index contributed by atoms with van der Waals surface area (Å²) in [5, 5.41) is 2.23. The number of fused-ring (bicyclic) bond motifs is 3. The number of furan rings is 1. The van der Waals surface area contributed by atoms with Crippen molar-refractivity contribution >= 4 is 21.9 Å². The Morgan fingerprint density at radius 3 is 2.32 bits per heavy atom. The Morgan fingerprint density at radius 1 is 0.750 bits per heavy atom. The second-order valence-corrected chi connectivity index (χ2v) is 11.4. The van der Waals surface area contributed by atoms with E-state index in [1.165, 1.54) is 16.8 Å². The van der Waals surface area contributed by atoms with Crippen molar-refractivity contribution in [3.05, 3.63) is 139 Å². The van der Waals surface area contributed by atoms with Crippen molar-refractivity contribution in [1.82, 2.24) is 14.5 Å². The van der Waals surface area contributed by atoms with Gasteiger partial charge in [0.2, 0.25) is 0 Å². The molecule has 0 aliphatic rings. The normalized spacial score (nSPS) is 11.0. The number of hydrogen-bond acceptors (Lipinski definition) is 3. The van der Waals surface area contributed by atoms with Crippen LogP contribution in [0.3, 0.4) is 0 Å². The summed E-state index contributed by atoms with van der Waals surface area (Å²) in [6.45, 7) is 9.05. The Morgan fingerprint density at radius 2 is 1.57 bits per heavy atom. The van der Waals surface area contributed by atoms with E-state index in [4.69, 9.17) is 4.42 Å². The quantitative estimate of drug-likeness (QED) is 0.159. The Balaban J connectivity index is 0.000000174. The first-order valence-corrected chi connectivity index (χ1v) is 14.9. The number of imidazole rings is 1. The second kappa shape index (κ2) is 14.0. The van der Waals surface area contributed by atoms with E-state index in [1.54, 1.807) is 6.20 Å². The van der Waals surface area contributed by atoms with Crippen molar-refractivity contribution < 1.29 is 24.5 Å². The van der Waals surface area contributed by atoms with Crippen LogP contribution in [0.1, 0.15) is 44.7 Å². The van der Waals surface area contributed by atoms with Crippen molar-refractivity contribution in [2.45, 2.75) is 40.0 Å². The second-order valence-electron chi connectivity index (χ2n) is 11.4.